The lowest BCUT2D eigenvalue weighted by atomic mass is 9.90. The number of urea groups is 1. The molecule has 1 heterocycles. The quantitative estimate of drug-likeness (QED) is 0.794. The van der Waals surface area contributed by atoms with E-state index < -0.39 is 29.3 Å². The molecule has 0 saturated carbocycles. The van der Waals surface area contributed by atoms with Crippen LogP contribution in [0.3, 0.4) is 0 Å². The van der Waals surface area contributed by atoms with Crippen LogP contribution in [0.1, 0.15) is 20.3 Å². The molecule has 1 atom stereocenters. The van der Waals surface area contributed by atoms with Gasteiger partial charge in [0.1, 0.15) is 0 Å². The third kappa shape index (κ3) is 2.37. The standard InChI is InChI=1S/C14H15N3O4/c1-3-14(16-9(2)18)11(19)15-13(21)17(12(14)20)10-7-5-4-6-8-10/h4-8H,3H2,1-2H3,(H,16,18)(H,15,19,21). The van der Waals surface area contributed by atoms with Crippen molar-refractivity contribution in [2.24, 2.45) is 0 Å². The molecular weight excluding hydrogens is 274 g/mol. The summed E-state index contributed by atoms with van der Waals surface area (Å²) in [5, 5.41) is 4.49. The van der Waals surface area contributed by atoms with E-state index in [1.54, 1.807) is 37.3 Å². The van der Waals surface area contributed by atoms with Gasteiger partial charge in [-0.1, -0.05) is 25.1 Å². The Bertz CT molecular complexity index is 614. The zero-order chi connectivity index (χ0) is 15.6. The summed E-state index contributed by atoms with van der Waals surface area (Å²) in [6, 6.07) is 7.38. The summed E-state index contributed by atoms with van der Waals surface area (Å²) in [7, 11) is 0. The molecule has 5 amide bonds. The number of hydrogen-bond donors (Lipinski definition) is 2. The van der Waals surface area contributed by atoms with Gasteiger partial charge in [-0.25, -0.2) is 9.69 Å². The molecular formula is C14H15N3O4. The second kappa shape index (κ2) is 5.35. The van der Waals surface area contributed by atoms with Crippen LogP contribution in [0.15, 0.2) is 30.3 Å². The van der Waals surface area contributed by atoms with Crippen LogP contribution in [0.25, 0.3) is 0 Å². The van der Waals surface area contributed by atoms with Crippen molar-refractivity contribution < 1.29 is 19.2 Å². The molecule has 0 radical (unpaired) electrons. The van der Waals surface area contributed by atoms with E-state index in [0.717, 1.165) is 4.90 Å². The van der Waals surface area contributed by atoms with Crippen molar-refractivity contribution in [1.82, 2.24) is 10.6 Å². The molecule has 7 nitrogen and oxygen atoms in total. The van der Waals surface area contributed by atoms with Gasteiger partial charge in [0.2, 0.25) is 5.91 Å². The van der Waals surface area contributed by atoms with Crippen molar-refractivity contribution in [2.45, 2.75) is 25.8 Å². The monoisotopic (exact) mass is 289 g/mol. The summed E-state index contributed by atoms with van der Waals surface area (Å²) in [6.07, 6.45) is 0.0356. The van der Waals surface area contributed by atoms with E-state index in [-0.39, 0.29) is 6.42 Å². The zero-order valence-corrected chi connectivity index (χ0v) is 11.7. The van der Waals surface area contributed by atoms with Crippen LogP contribution in [0, 0.1) is 0 Å². The molecule has 0 bridgehead atoms. The van der Waals surface area contributed by atoms with Gasteiger partial charge >= 0.3 is 6.03 Å². The highest BCUT2D eigenvalue weighted by Crippen LogP contribution is 2.25. The van der Waals surface area contributed by atoms with Gasteiger partial charge in [-0.05, 0) is 18.6 Å². The number of rotatable bonds is 3. The van der Waals surface area contributed by atoms with Gasteiger partial charge in [0.05, 0.1) is 5.69 Å². The van der Waals surface area contributed by atoms with E-state index in [4.69, 9.17) is 0 Å². The molecule has 1 aliphatic rings. The van der Waals surface area contributed by atoms with Crippen LogP contribution in [-0.4, -0.2) is 29.3 Å². The SMILES string of the molecule is CCC1(NC(C)=O)C(=O)NC(=O)N(c2ccccc2)C1=O. The lowest BCUT2D eigenvalue weighted by Gasteiger charge is -2.38. The van der Waals surface area contributed by atoms with Gasteiger partial charge in [-0.2, -0.15) is 0 Å². The first-order valence-corrected chi connectivity index (χ1v) is 6.46. The largest absolute Gasteiger partial charge is 0.335 e. The van der Waals surface area contributed by atoms with Crippen molar-refractivity contribution in [3.8, 4) is 0 Å². The second-order valence-corrected chi connectivity index (χ2v) is 4.68. The topological polar surface area (TPSA) is 95.6 Å². The van der Waals surface area contributed by atoms with Crippen molar-refractivity contribution in [3.05, 3.63) is 30.3 Å². The Kier molecular flexibility index (Phi) is 3.75. The van der Waals surface area contributed by atoms with E-state index in [0.29, 0.717) is 5.69 Å². The fourth-order valence-corrected chi connectivity index (χ4v) is 2.26. The minimum atomic E-state index is -1.77. The molecule has 0 spiro atoms. The first kappa shape index (κ1) is 14.7. The number of barbiturate groups is 1. The maximum Gasteiger partial charge on any atom is 0.335 e. The molecule has 2 N–H and O–H groups in total. The van der Waals surface area contributed by atoms with Crippen LogP contribution < -0.4 is 15.5 Å². The van der Waals surface area contributed by atoms with Gasteiger partial charge in [0.15, 0.2) is 5.54 Å². The van der Waals surface area contributed by atoms with E-state index in [9.17, 15) is 19.2 Å². The minimum absolute atomic E-state index is 0.0356. The number of amides is 5. The van der Waals surface area contributed by atoms with Crippen LogP contribution in [0.5, 0.6) is 0 Å². The highest BCUT2D eigenvalue weighted by Gasteiger charge is 2.54. The Morgan fingerprint density at radius 1 is 1.24 bits per heavy atom. The van der Waals surface area contributed by atoms with Gasteiger partial charge in [0, 0.05) is 6.92 Å². The molecule has 21 heavy (non-hydrogen) atoms. The molecule has 0 aromatic heterocycles. The highest BCUT2D eigenvalue weighted by atomic mass is 16.2. The van der Waals surface area contributed by atoms with Crippen LogP contribution >= 0.6 is 0 Å². The van der Waals surface area contributed by atoms with Gasteiger partial charge in [-0.15, -0.1) is 0 Å². The number of hydrogen-bond acceptors (Lipinski definition) is 4. The summed E-state index contributed by atoms with van der Waals surface area (Å²) in [6.45, 7) is 2.80. The predicted octanol–water partition coefficient (Wildman–Crippen LogP) is 0.554. The maximum atomic E-state index is 12.7. The van der Waals surface area contributed by atoms with Crippen LogP contribution in [0.2, 0.25) is 0 Å². The predicted molar refractivity (Wildman–Crippen MR) is 74.3 cm³/mol. The number of anilines is 1. The number of carbonyl (C=O) groups excluding carboxylic acids is 4. The highest BCUT2D eigenvalue weighted by molar-refractivity contribution is 6.33. The summed E-state index contributed by atoms with van der Waals surface area (Å²) in [4.78, 5) is 48.9. The molecule has 110 valence electrons. The third-order valence-electron chi connectivity index (χ3n) is 3.31. The Labute approximate surface area is 121 Å². The van der Waals surface area contributed by atoms with Crippen LogP contribution in [0.4, 0.5) is 10.5 Å². The summed E-state index contributed by atoms with van der Waals surface area (Å²) in [5.41, 5.74) is -1.44. The summed E-state index contributed by atoms with van der Waals surface area (Å²) >= 11 is 0. The van der Waals surface area contributed by atoms with Crippen molar-refractivity contribution in [1.29, 1.82) is 0 Å². The van der Waals surface area contributed by atoms with E-state index in [2.05, 4.69) is 10.6 Å². The number of nitrogens with one attached hydrogen (secondary N) is 2. The number of imide groups is 2. The second-order valence-electron chi connectivity index (χ2n) is 4.68. The maximum absolute atomic E-state index is 12.7. The lowest BCUT2D eigenvalue weighted by molar-refractivity contribution is -0.142. The van der Waals surface area contributed by atoms with E-state index in [1.807, 2.05) is 0 Å². The molecule has 1 aromatic rings. The Hall–Kier alpha value is -2.70. The summed E-state index contributed by atoms with van der Waals surface area (Å²) < 4.78 is 0. The number of nitrogens with zero attached hydrogens (tertiary/aromatic N) is 1. The van der Waals surface area contributed by atoms with Crippen molar-refractivity contribution in [3.63, 3.8) is 0 Å². The van der Waals surface area contributed by atoms with E-state index in [1.165, 1.54) is 6.92 Å². The summed E-state index contributed by atoms with van der Waals surface area (Å²) in [5.74, 6) is -2.11. The molecule has 1 unspecified atom stereocenters. The average molecular weight is 289 g/mol. The molecule has 1 aromatic carbocycles. The minimum Gasteiger partial charge on any atom is -0.334 e. The van der Waals surface area contributed by atoms with Gasteiger partial charge in [0.25, 0.3) is 11.8 Å². The van der Waals surface area contributed by atoms with Gasteiger partial charge in [-0.3, -0.25) is 19.7 Å². The first-order valence-electron chi connectivity index (χ1n) is 6.46. The average Bonchev–Trinajstić information content (AvgIpc) is 2.44. The third-order valence-corrected chi connectivity index (χ3v) is 3.31. The molecule has 0 aliphatic carbocycles. The Balaban J connectivity index is 2.49. The zero-order valence-electron chi connectivity index (χ0n) is 11.7. The van der Waals surface area contributed by atoms with E-state index >= 15 is 0 Å². The van der Waals surface area contributed by atoms with Crippen LogP contribution in [-0.2, 0) is 14.4 Å². The van der Waals surface area contributed by atoms with Gasteiger partial charge < -0.3 is 5.32 Å². The molecule has 1 fully saturated rings. The number of carbonyl (C=O) groups is 4. The Morgan fingerprint density at radius 3 is 2.38 bits per heavy atom. The molecule has 1 saturated heterocycles. The smallest absolute Gasteiger partial charge is 0.334 e. The molecule has 7 heteroatoms. The Morgan fingerprint density at radius 2 is 1.86 bits per heavy atom. The van der Waals surface area contributed by atoms with Crippen molar-refractivity contribution in [2.75, 3.05) is 4.90 Å². The molecule has 1 aliphatic heterocycles. The lowest BCUT2D eigenvalue weighted by Crippen LogP contribution is -2.74. The first-order chi connectivity index (χ1) is 9.92. The normalized spacial score (nSPS) is 22.0. The van der Waals surface area contributed by atoms with Crippen molar-refractivity contribution >= 4 is 29.4 Å². The number of benzene rings is 1. The number of para-hydroxylation sites is 1. The fourth-order valence-electron chi connectivity index (χ4n) is 2.26. The molecule has 2 rings (SSSR count). The fraction of sp³-hybridized carbons (Fsp3) is 0.286.